The summed E-state index contributed by atoms with van der Waals surface area (Å²) >= 11 is 0. The summed E-state index contributed by atoms with van der Waals surface area (Å²) in [5, 5.41) is 12.4. The number of likely N-dealkylation sites (N-methyl/N-ethyl adjacent to an activating group) is 1. The third kappa shape index (κ3) is 3.44. The Morgan fingerprint density at radius 3 is 2.96 bits per heavy atom. The molecule has 0 spiro atoms. The highest BCUT2D eigenvalue weighted by atomic mass is 16.1. The van der Waals surface area contributed by atoms with Gasteiger partial charge in [-0.1, -0.05) is 12.1 Å². The molecule has 0 aliphatic carbocycles. The molecule has 1 fully saturated rings. The van der Waals surface area contributed by atoms with Crippen LogP contribution in [0.3, 0.4) is 0 Å². The number of aryl methyl sites for hydroxylation is 1. The first-order chi connectivity index (χ1) is 11.6. The van der Waals surface area contributed by atoms with Gasteiger partial charge in [-0.25, -0.2) is 0 Å². The number of carbonyl (C=O) groups is 1. The number of fused-ring (bicyclic) bond motifs is 1. The number of rotatable bonds is 5. The van der Waals surface area contributed by atoms with Crippen LogP contribution in [-0.2, 0) is 0 Å². The molecule has 24 heavy (non-hydrogen) atoms. The second-order valence-electron chi connectivity index (χ2n) is 6.76. The first-order valence-corrected chi connectivity index (χ1v) is 8.72. The standard InChI is InChI=1S/C18H27N5O/c1-13-14-7-6-8-15(18(24)20-11-12-22(2)3)17(14)21-23(13)16-9-4-5-10-19-16/h6-8,16,19H,4-5,9-12H2,1-3H3,(H,20,24). The average molecular weight is 329 g/mol. The van der Waals surface area contributed by atoms with E-state index in [2.05, 4.69) is 27.1 Å². The summed E-state index contributed by atoms with van der Waals surface area (Å²) in [7, 11) is 3.99. The minimum Gasteiger partial charge on any atom is -0.351 e. The maximum atomic E-state index is 12.5. The predicted molar refractivity (Wildman–Crippen MR) is 96.2 cm³/mol. The summed E-state index contributed by atoms with van der Waals surface area (Å²) in [5.41, 5.74) is 2.57. The first-order valence-electron chi connectivity index (χ1n) is 8.72. The number of nitrogens with one attached hydrogen (secondary N) is 2. The van der Waals surface area contributed by atoms with Crippen LogP contribution < -0.4 is 10.6 Å². The van der Waals surface area contributed by atoms with Gasteiger partial charge in [0.15, 0.2) is 0 Å². The lowest BCUT2D eigenvalue weighted by Crippen LogP contribution is -2.32. The Bertz CT molecular complexity index is 716. The molecule has 2 N–H and O–H groups in total. The van der Waals surface area contributed by atoms with Gasteiger partial charge >= 0.3 is 0 Å². The van der Waals surface area contributed by atoms with Crippen LogP contribution in [0, 0.1) is 6.92 Å². The van der Waals surface area contributed by atoms with Crippen LogP contribution in [0.2, 0.25) is 0 Å². The molecule has 0 radical (unpaired) electrons. The van der Waals surface area contributed by atoms with Gasteiger partial charge in [0.1, 0.15) is 11.7 Å². The molecule has 1 aliphatic heterocycles. The van der Waals surface area contributed by atoms with Gasteiger partial charge < -0.3 is 10.2 Å². The first kappa shape index (κ1) is 16.9. The van der Waals surface area contributed by atoms with E-state index in [0.717, 1.165) is 36.1 Å². The zero-order chi connectivity index (χ0) is 17.1. The summed E-state index contributed by atoms with van der Waals surface area (Å²) in [6, 6.07) is 5.85. The fourth-order valence-corrected chi connectivity index (χ4v) is 3.27. The predicted octanol–water partition coefficient (Wildman–Crippen LogP) is 1.91. The molecule has 1 atom stereocenters. The Kier molecular flexibility index (Phi) is 5.16. The SMILES string of the molecule is Cc1c2cccc(C(=O)NCCN(C)C)c2nn1C1CCCCN1. The molecule has 3 rings (SSSR count). The van der Waals surface area contributed by atoms with Gasteiger partial charge in [-0.3, -0.25) is 14.8 Å². The number of aromatic nitrogens is 2. The molecule has 1 aliphatic rings. The normalized spacial score (nSPS) is 18.2. The number of nitrogens with zero attached hydrogens (tertiary/aromatic N) is 3. The van der Waals surface area contributed by atoms with Gasteiger partial charge in [-0.05, 0) is 52.9 Å². The minimum absolute atomic E-state index is 0.0521. The highest BCUT2D eigenvalue weighted by molar-refractivity contribution is 6.06. The molecule has 130 valence electrons. The van der Waals surface area contributed by atoms with Crippen LogP contribution in [0.25, 0.3) is 10.9 Å². The quantitative estimate of drug-likeness (QED) is 0.880. The summed E-state index contributed by atoms with van der Waals surface area (Å²) in [4.78, 5) is 14.6. The Hall–Kier alpha value is -1.92. The van der Waals surface area contributed by atoms with Crippen molar-refractivity contribution in [1.29, 1.82) is 0 Å². The minimum atomic E-state index is -0.0521. The highest BCUT2D eigenvalue weighted by Crippen LogP contribution is 2.26. The van der Waals surface area contributed by atoms with E-state index in [9.17, 15) is 4.79 Å². The number of benzene rings is 1. The second-order valence-corrected chi connectivity index (χ2v) is 6.76. The van der Waals surface area contributed by atoms with Crippen molar-refractivity contribution in [2.45, 2.75) is 32.4 Å². The molecule has 1 amide bonds. The fraction of sp³-hybridized carbons (Fsp3) is 0.556. The third-order valence-electron chi connectivity index (χ3n) is 4.65. The zero-order valence-corrected chi connectivity index (χ0v) is 14.8. The average Bonchev–Trinajstić information content (AvgIpc) is 2.92. The molecule has 1 aromatic carbocycles. The maximum absolute atomic E-state index is 12.5. The molecule has 6 heteroatoms. The van der Waals surface area contributed by atoms with E-state index in [1.807, 2.05) is 32.3 Å². The van der Waals surface area contributed by atoms with E-state index >= 15 is 0 Å². The lowest BCUT2D eigenvalue weighted by atomic mass is 10.1. The maximum Gasteiger partial charge on any atom is 0.253 e. The van der Waals surface area contributed by atoms with E-state index in [1.165, 1.54) is 12.8 Å². The Morgan fingerprint density at radius 1 is 1.42 bits per heavy atom. The van der Waals surface area contributed by atoms with Crippen molar-refractivity contribution in [2.24, 2.45) is 0 Å². The zero-order valence-electron chi connectivity index (χ0n) is 14.8. The lowest BCUT2D eigenvalue weighted by Gasteiger charge is -2.24. The Labute approximate surface area is 143 Å². The van der Waals surface area contributed by atoms with Crippen molar-refractivity contribution < 1.29 is 4.79 Å². The summed E-state index contributed by atoms with van der Waals surface area (Å²) < 4.78 is 2.06. The number of amides is 1. The number of hydrogen-bond donors (Lipinski definition) is 2. The molecule has 2 heterocycles. The molecule has 6 nitrogen and oxygen atoms in total. The Balaban J connectivity index is 1.88. The van der Waals surface area contributed by atoms with Crippen molar-refractivity contribution >= 4 is 16.8 Å². The van der Waals surface area contributed by atoms with Gasteiger partial charge in [-0.2, -0.15) is 5.10 Å². The van der Waals surface area contributed by atoms with Crippen molar-refractivity contribution in [2.75, 3.05) is 33.7 Å². The molecular formula is C18H27N5O. The largest absolute Gasteiger partial charge is 0.351 e. The highest BCUT2D eigenvalue weighted by Gasteiger charge is 2.21. The molecule has 1 unspecified atom stereocenters. The van der Waals surface area contributed by atoms with Gasteiger partial charge in [0.25, 0.3) is 5.91 Å². The van der Waals surface area contributed by atoms with Crippen LogP contribution >= 0.6 is 0 Å². The molecule has 0 saturated carbocycles. The van der Waals surface area contributed by atoms with Crippen LogP contribution in [0.15, 0.2) is 18.2 Å². The van der Waals surface area contributed by atoms with Crippen LogP contribution in [0.1, 0.15) is 41.5 Å². The van der Waals surface area contributed by atoms with E-state index in [-0.39, 0.29) is 12.1 Å². The van der Waals surface area contributed by atoms with E-state index in [0.29, 0.717) is 12.1 Å². The summed E-state index contributed by atoms with van der Waals surface area (Å²) in [6.45, 7) is 4.56. The van der Waals surface area contributed by atoms with Crippen LogP contribution in [0.4, 0.5) is 0 Å². The number of piperidine rings is 1. The van der Waals surface area contributed by atoms with Gasteiger partial charge in [0, 0.05) is 24.2 Å². The third-order valence-corrected chi connectivity index (χ3v) is 4.65. The monoisotopic (exact) mass is 329 g/mol. The summed E-state index contributed by atoms with van der Waals surface area (Å²) in [6.07, 6.45) is 3.75. The van der Waals surface area contributed by atoms with Crippen molar-refractivity contribution in [3.8, 4) is 0 Å². The number of hydrogen-bond acceptors (Lipinski definition) is 4. The fourth-order valence-electron chi connectivity index (χ4n) is 3.27. The Morgan fingerprint density at radius 2 is 2.25 bits per heavy atom. The second kappa shape index (κ2) is 7.32. The van der Waals surface area contributed by atoms with Crippen LogP contribution in [0.5, 0.6) is 0 Å². The smallest absolute Gasteiger partial charge is 0.253 e. The van der Waals surface area contributed by atoms with Crippen molar-refractivity contribution in [1.82, 2.24) is 25.3 Å². The molecule has 1 saturated heterocycles. The van der Waals surface area contributed by atoms with Crippen molar-refractivity contribution in [3.05, 3.63) is 29.5 Å². The molecular weight excluding hydrogens is 302 g/mol. The van der Waals surface area contributed by atoms with Crippen molar-refractivity contribution in [3.63, 3.8) is 0 Å². The van der Waals surface area contributed by atoms with E-state index in [4.69, 9.17) is 5.10 Å². The molecule has 0 bridgehead atoms. The van der Waals surface area contributed by atoms with E-state index in [1.54, 1.807) is 0 Å². The van der Waals surface area contributed by atoms with Crippen LogP contribution in [-0.4, -0.2) is 54.3 Å². The molecule has 1 aromatic heterocycles. The van der Waals surface area contributed by atoms with Gasteiger partial charge in [0.05, 0.1) is 5.56 Å². The van der Waals surface area contributed by atoms with E-state index < -0.39 is 0 Å². The van der Waals surface area contributed by atoms with Gasteiger partial charge in [-0.15, -0.1) is 0 Å². The molecule has 2 aromatic rings. The van der Waals surface area contributed by atoms with Gasteiger partial charge in [0.2, 0.25) is 0 Å². The topological polar surface area (TPSA) is 62.2 Å². The summed E-state index contributed by atoms with van der Waals surface area (Å²) in [5.74, 6) is -0.0521. The number of carbonyl (C=O) groups excluding carboxylic acids is 1. The lowest BCUT2D eigenvalue weighted by molar-refractivity contribution is 0.0952.